The molecule has 0 aliphatic heterocycles. The van der Waals surface area contributed by atoms with Gasteiger partial charge in [-0.05, 0) is 54.8 Å². The molecule has 5 aromatic rings. The van der Waals surface area contributed by atoms with Gasteiger partial charge in [0.05, 0.1) is 17.2 Å². The molecule has 35 heavy (non-hydrogen) atoms. The molecule has 9 heteroatoms. The lowest BCUT2D eigenvalue weighted by atomic mass is 10.0. The van der Waals surface area contributed by atoms with Crippen molar-refractivity contribution in [3.63, 3.8) is 0 Å². The van der Waals surface area contributed by atoms with Gasteiger partial charge < -0.3 is 14.9 Å². The van der Waals surface area contributed by atoms with E-state index < -0.39 is 0 Å². The SMILES string of the molecule is CCNC(=O)Nc1nc2c(-n3cccn3)cc(-c3ccn(C(C)c4ccccc4)c(=O)c3)cc2[nH]1. The molecule has 0 aliphatic rings. The molecule has 0 saturated carbocycles. The van der Waals surface area contributed by atoms with Gasteiger partial charge in [0.15, 0.2) is 0 Å². The summed E-state index contributed by atoms with van der Waals surface area (Å²) >= 11 is 0. The van der Waals surface area contributed by atoms with E-state index in [0.29, 0.717) is 23.5 Å². The lowest BCUT2D eigenvalue weighted by Gasteiger charge is -2.16. The largest absolute Gasteiger partial charge is 0.338 e. The van der Waals surface area contributed by atoms with Crippen molar-refractivity contribution in [1.29, 1.82) is 0 Å². The fraction of sp³-hybridized carbons (Fsp3) is 0.154. The average molecular weight is 468 g/mol. The fourth-order valence-electron chi connectivity index (χ4n) is 4.10. The molecular weight excluding hydrogens is 442 g/mol. The number of amides is 2. The number of nitrogens with zero attached hydrogens (tertiary/aromatic N) is 4. The van der Waals surface area contributed by atoms with Gasteiger partial charge in [0.1, 0.15) is 5.52 Å². The van der Waals surface area contributed by atoms with Crippen molar-refractivity contribution in [2.45, 2.75) is 19.9 Å². The summed E-state index contributed by atoms with van der Waals surface area (Å²) in [6.45, 7) is 4.35. The number of anilines is 1. The number of carbonyl (C=O) groups is 1. The number of hydrogen-bond acceptors (Lipinski definition) is 4. The van der Waals surface area contributed by atoms with Crippen molar-refractivity contribution in [2.24, 2.45) is 0 Å². The van der Waals surface area contributed by atoms with Crippen LogP contribution in [0.1, 0.15) is 25.5 Å². The number of benzene rings is 2. The Morgan fingerprint density at radius 1 is 1.06 bits per heavy atom. The molecule has 0 saturated heterocycles. The molecule has 0 fully saturated rings. The minimum absolute atomic E-state index is 0.0876. The van der Waals surface area contributed by atoms with Crippen molar-refractivity contribution in [1.82, 2.24) is 29.6 Å². The number of imidazole rings is 1. The first-order chi connectivity index (χ1) is 17.0. The van der Waals surface area contributed by atoms with Gasteiger partial charge in [-0.2, -0.15) is 5.10 Å². The number of rotatable bonds is 6. The third-order valence-electron chi connectivity index (χ3n) is 5.87. The molecule has 0 spiro atoms. The Bertz CT molecular complexity index is 1540. The number of urea groups is 1. The number of carbonyl (C=O) groups excluding carboxylic acids is 1. The standard InChI is InChI=1S/C26H25N7O2/c1-3-27-26(35)31-25-29-21-14-20(15-22(24(21)30-25)33-12-7-11-28-33)19-10-13-32(23(34)16-19)17(2)18-8-5-4-6-9-18/h4-17H,3H2,1-2H3,(H3,27,29,30,31,35). The van der Waals surface area contributed by atoms with Crippen molar-refractivity contribution in [3.8, 4) is 16.8 Å². The van der Waals surface area contributed by atoms with E-state index in [0.717, 1.165) is 22.4 Å². The van der Waals surface area contributed by atoms with E-state index in [4.69, 9.17) is 0 Å². The molecule has 1 unspecified atom stereocenters. The maximum Gasteiger partial charge on any atom is 0.321 e. The van der Waals surface area contributed by atoms with Crippen LogP contribution in [-0.2, 0) is 0 Å². The van der Waals surface area contributed by atoms with Crippen molar-refractivity contribution < 1.29 is 4.79 Å². The van der Waals surface area contributed by atoms with Crippen LogP contribution in [0, 0.1) is 0 Å². The first kappa shape index (κ1) is 22.1. The molecule has 2 amide bonds. The molecule has 0 radical (unpaired) electrons. The van der Waals surface area contributed by atoms with Gasteiger partial charge in [-0.1, -0.05) is 30.3 Å². The predicted molar refractivity (Wildman–Crippen MR) is 136 cm³/mol. The van der Waals surface area contributed by atoms with E-state index in [1.54, 1.807) is 21.5 Å². The van der Waals surface area contributed by atoms with Crippen LogP contribution in [0.2, 0.25) is 0 Å². The van der Waals surface area contributed by atoms with Gasteiger partial charge in [-0.3, -0.25) is 10.1 Å². The van der Waals surface area contributed by atoms with Crippen LogP contribution in [-0.4, -0.2) is 36.9 Å². The molecular formula is C26H25N7O2. The molecule has 3 heterocycles. The molecule has 3 aromatic heterocycles. The minimum Gasteiger partial charge on any atom is -0.338 e. The highest BCUT2D eigenvalue weighted by atomic mass is 16.2. The summed E-state index contributed by atoms with van der Waals surface area (Å²) in [6.07, 6.45) is 5.33. The molecule has 1 atom stereocenters. The minimum atomic E-state index is -0.344. The summed E-state index contributed by atoms with van der Waals surface area (Å²) in [6, 6.07) is 18.7. The zero-order valence-electron chi connectivity index (χ0n) is 19.4. The Morgan fingerprint density at radius 3 is 2.60 bits per heavy atom. The monoisotopic (exact) mass is 467 g/mol. The molecule has 2 aromatic carbocycles. The molecule has 0 aliphatic carbocycles. The van der Waals surface area contributed by atoms with Gasteiger partial charge in [0, 0.05) is 31.2 Å². The number of H-pyrrole nitrogens is 1. The van der Waals surface area contributed by atoms with Crippen LogP contribution in [0.25, 0.3) is 27.8 Å². The quantitative estimate of drug-likeness (QED) is 0.345. The van der Waals surface area contributed by atoms with Gasteiger partial charge >= 0.3 is 6.03 Å². The number of aromatic nitrogens is 5. The zero-order valence-corrected chi connectivity index (χ0v) is 19.4. The van der Waals surface area contributed by atoms with E-state index in [9.17, 15) is 9.59 Å². The van der Waals surface area contributed by atoms with E-state index >= 15 is 0 Å². The third kappa shape index (κ3) is 4.43. The van der Waals surface area contributed by atoms with Gasteiger partial charge in [-0.25, -0.2) is 14.5 Å². The van der Waals surface area contributed by atoms with Crippen LogP contribution >= 0.6 is 0 Å². The van der Waals surface area contributed by atoms with E-state index in [-0.39, 0.29) is 17.6 Å². The first-order valence-corrected chi connectivity index (χ1v) is 11.4. The highest BCUT2D eigenvalue weighted by Gasteiger charge is 2.15. The molecule has 3 N–H and O–H groups in total. The van der Waals surface area contributed by atoms with E-state index in [1.807, 2.05) is 80.8 Å². The summed E-state index contributed by atoms with van der Waals surface area (Å²) in [7, 11) is 0. The summed E-state index contributed by atoms with van der Waals surface area (Å²) in [5, 5.41) is 9.75. The second-order valence-electron chi connectivity index (χ2n) is 8.16. The van der Waals surface area contributed by atoms with Crippen LogP contribution < -0.4 is 16.2 Å². The number of nitrogens with one attached hydrogen (secondary N) is 3. The maximum atomic E-state index is 13.1. The second kappa shape index (κ2) is 9.30. The highest BCUT2D eigenvalue weighted by molar-refractivity contribution is 5.94. The topological polar surface area (TPSA) is 110 Å². The Morgan fingerprint density at radius 2 is 1.89 bits per heavy atom. The third-order valence-corrected chi connectivity index (χ3v) is 5.87. The molecule has 9 nitrogen and oxygen atoms in total. The molecule has 0 bridgehead atoms. The van der Waals surface area contributed by atoms with Crippen LogP contribution in [0.5, 0.6) is 0 Å². The number of aromatic amines is 1. The molecule has 5 rings (SSSR count). The Kier molecular flexibility index (Phi) is 5.88. The summed E-state index contributed by atoms with van der Waals surface area (Å²) < 4.78 is 3.43. The maximum absolute atomic E-state index is 13.1. The summed E-state index contributed by atoms with van der Waals surface area (Å²) in [5.74, 6) is 0.323. The van der Waals surface area contributed by atoms with E-state index in [2.05, 4.69) is 25.7 Å². The lowest BCUT2D eigenvalue weighted by Crippen LogP contribution is -2.28. The Labute approximate surface area is 201 Å². The fourth-order valence-corrected chi connectivity index (χ4v) is 4.10. The Balaban J connectivity index is 1.57. The predicted octanol–water partition coefficient (Wildman–Crippen LogP) is 4.33. The van der Waals surface area contributed by atoms with Crippen molar-refractivity contribution in [3.05, 3.63) is 95.2 Å². The lowest BCUT2D eigenvalue weighted by molar-refractivity contribution is 0.252. The van der Waals surface area contributed by atoms with Gasteiger partial charge in [0.2, 0.25) is 5.95 Å². The van der Waals surface area contributed by atoms with Gasteiger partial charge in [0.25, 0.3) is 5.56 Å². The van der Waals surface area contributed by atoms with Crippen LogP contribution in [0.15, 0.2) is 84.0 Å². The van der Waals surface area contributed by atoms with E-state index in [1.165, 1.54) is 0 Å². The van der Waals surface area contributed by atoms with Gasteiger partial charge in [-0.15, -0.1) is 0 Å². The van der Waals surface area contributed by atoms with Crippen LogP contribution in [0.3, 0.4) is 0 Å². The highest BCUT2D eigenvalue weighted by Crippen LogP contribution is 2.29. The summed E-state index contributed by atoms with van der Waals surface area (Å²) in [5.41, 5.74) is 4.65. The van der Waals surface area contributed by atoms with Crippen LogP contribution in [0.4, 0.5) is 10.7 Å². The first-order valence-electron chi connectivity index (χ1n) is 11.4. The molecule has 176 valence electrons. The van der Waals surface area contributed by atoms with Crippen molar-refractivity contribution in [2.75, 3.05) is 11.9 Å². The number of fused-ring (bicyclic) bond motifs is 1. The number of hydrogen-bond donors (Lipinski definition) is 3. The smallest absolute Gasteiger partial charge is 0.321 e. The normalized spacial score (nSPS) is 11.9. The second-order valence-corrected chi connectivity index (χ2v) is 8.16. The Hall–Kier alpha value is -4.66. The van der Waals surface area contributed by atoms with Crippen molar-refractivity contribution >= 4 is 23.0 Å². The summed E-state index contributed by atoms with van der Waals surface area (Å²) in [4.78, 5) is 32.8. The average Bonchev–Trinajstić information content (AvgIpc) is 3.53. The number of pyridine rings is 1. The zero-order chi connectivity index (χ0) is 24.4.